The second-order valence-corrected chi connectivity index (χ2v) is 7.02. The molecule has 0 bridgehead atoms. The predicted octanol–water partition coefficient (Wildman–Crippen LogP) is 2.32. The van der Waals surface area contributed by atoms with Gasteiger partial charge in [0.2, 0.25) is 6.79 Å². The first-order chi connectivity index (χ1) is 13.5. The summed E-state index contributed by atoms with van der Waals surface area (Å²) in [6.07, 6.45) is 0. The Morgan fingerprint density at radius 3 is 2.50 bits per heavy atom. The molecule has 0 aliphatic carbocycles. The van der Waals surface area contributed by atoms with Crippen LogP contribution in [-0.4, -0.2) is 49.7 Å². The van der Waals surface area contributed by atoms with E-state index in [0.29, 0.717) is 43.4 Å². The lowest BCUT2D eigenvalue weighted by Gasteiger charge is -2.36. The SMILES string of the molecule is Cc1cccc(N2CCN(C(=O)C(=O)Nc3ccc4c(c3)OCO4)CC2)c1C. The van der Waals surface area contributed by atoms with Gasteiger partial charge in [0.05, 0.1) is 0 Å². The molecular formula is C21H23N3O4. The Balaban J connectivity index is 1.36. The molecule has 2 aromatic carbocycles. The number of benzene rings is 2. The van der Waals surface area contributed by atoms with Crippen molar-refractivity contribution in [2.75, 3.05) is 43.2 Å². The van der Waals surface area contributed by atoms with E-state index in [1.54, 1.807) is 23.1 Å². The highest BCUT2D eigenvalue weighted by molar-refractivity contribution is 6.39. The first-order valence-electron chi connectivity index (χ1n) is 9.34. The van der Waals surface area contributed by atoms with Crippen molar-refractivity contribution in [2.45, 2.75) is 13.8 Å². The maximum atomic E-state index is 12.5. The van der Waals surface area contributed by atoms with Gasteiger partial charge in [-0.15, -0.1) is 0 Å². The number of piperazine rings is 1. The number of anilines is 2. The number of aryl methyl sites for hydroxylation is 1. The summed E-state index contributed by atoms with van der Waals surface area (Å²) in [5.41, 5.74) is 4.20. The van der Waals surface area contributed by atoms with E-state index in [1.807, 2.05) is 6.07 Å². The van der Waals surface area contributed by atoms with Crippen molar-refractivity contribution in [3.8, 4) is 11.5 Å². The van der Waals surface area contributed by atoms with E-state index >= 15 is 0 Å². The molecule has 28 heavy (non-hydrogen) atoms. The molecule has 0 atom stereocenters. The Bertz CT molecular complexity index is 920. The Kier molecular flexibility index (Phi) is 4.81. The summed E-state index contributed by atoms with van der Waals surface area (Å²) in [4.78, 5) is 28.8. The average molecular weight is 381 g/mol. The molecule has 0 radical (unpaired) electrons. The second-order valence-electron chi connectivity index (χ2n) is 7.02. The molecule has 0 saturated carbocycles. The third-order valence-electron chi connectivity index (χ3n) is 5.31. The molecule has 2 amide bonds. The van der Waals surface area contributed by atoms with E-state index in [-0.39, 0.29) is 6.79 Å². The molecule has 2 heterocycles. The van der Waals surface area contributed by atoms with Crippen LogP contribution in [0.25, 0.3) is 0 Å². The molecule has 7 nitrogen and oxygen atoms in total. The summed E-state index contributed by atoms with van der Waals surface area (Å²) in [5, 5.41) is 2.65. The van der Waals surface area contributed by atoms with Crippen molar-refractivity contribution in [1.82, 2.24) is 4.90 Å². The van der Waals surface area contributed by atoms with Crippen molar-refractivity contribution >= 4 is 23.2 Å². The zero-order valence-corrected chi connectivity index (χ0v) is 16.0. The third-order valence-corrected chi connectivity index (χ3v) is 5.31. The molecule has 1 N–H and O–H groups in total. The van der Waals surface area contributed by atoms with Crippen LogP contribution in [0.4, 0.5) is 11.4 Å². The maximum Gasteiger partial charge on any atom is 0.313 e. The molecule has 146 valence electrons. The number of hydrogen-bond donors (Lipinski definition) is 1. The molecule has 1 fully saturated rings. The first-order valence-corrected chi connectivity index (χ1v) is 9.34. The van der Waals surface area contributed by atoms with Crippen LogP contribution in [0, 0.1) is 13.8 Å². The second kappa shape index (κ2) is 7.42. The Labute approximate surface area is 163 Å². The number of rotatable bonds is 2. The third kappa shape index (κ3) is 3.47. The molecule has 0 unspecified atom stereocenters. The van der Waals surface area contributed by atoms with Gasteiger partial charge in [-0.05, 0) is 43.2 Å². The number of carbonyl (C=O) groups excluding carboxylic acids is 2. The smallest absolute Gasteiger partial charge is 0.313 e. The van der Waals surface area contributed by atoms with Crippen LogP contribution in [0.1, 0.15) is 11.1 Å². The van der Waals surface area contributed by atoms with Gasteiger partial charge < -0.3 is 24.6 Å². The molecule has 2 aliphatic rings. The molecule has 1 saturated heterocycles. The molecule has 7 heteroatoms. The van der Waals surface area contributed by atoms with Crippen LogP contribution in [0.3, 0.4) is 0 Å². The van der Waals surface area contributed by atoms with Gasteiger partial charge in [-0.2, -0.15) is 0 Å². The normalized spacial score (nSPS) is 15.5. The highest BCUT2D eigenvalue weighted by Gasteiger charge is 2.27. The minimum absolute atomic E-state index is 0.163. The van der Waals surface area contributed by atoms with E-state index in [9.17, 15) is 9.59 Å². The minimum Gasteiger partial charge on any atom is -0.454 e. The van der Waals surface area contributed by atoms with Gasteiger partial charge >= 0.3 is 11.8 Å². The van der Waals surface area contributed by atoms with Gasteiger partial charge in [-0.1, -0.05) is 12.1 Å². The number of carbonyl (C=O) groups is 2. The topological polar surface area (TPSA) is 71.1 Å². The van der Waals surface area contributed by atoms with Gasteiger partial charge in [0.15, 0.2) is 11.5 Å². The van der Waals surface area contributed by atoms with E-state index in [0.717, 1.165) is 0 Å². The first kappa shape index (κ1) is 18.2. The van der Waals surface area contributed by atoms with Crippen LogP contribution in [-0.2, 0) is 9.59 Å². The minimum atomic E-state index is -0.640. The monoisotopic (exact) mass is 381 g/mol. The summed E-state index contributed by atoms with van der Waals surface area (Å²) in [6, 6.07) is 11.3. The molecule has 0 aromatic heterocycles. The Morgan fingerprint density at radius 1 is 0.964 bits per heavy atom. The van der Waals surface area contributed by atoms with Crippen molar-refractivity contribution in [3.63, 3.8) is 0 Å². The van der Waals surface area contributed by atoms with E-state index in [2.05, 4.69) is 36.2 Å². The maximum absolute atomic E-state index is 12.5. The summed E-state index contributed by atoms with van der Waals surface area (Å²) >= 11 is 0. The standard InChI is InChI=1S/C21H23N3O4/c1-14-4-3-5-17(15(14)2)23-8-10-24(11-9-23)21(26)20(25)22-16-6-7-18-19(12-16)28-13-27-18/h3-7,12H,8-11,13H2,1-2H3,(H,22,25). The molecule has 4 rings (SSSR count). The Hall–Kier alpha value is -3.22. The lowest BCUT2D eigenvalue weighted by atomic mass is 10.1. The fourth-order valence-electron chi connectivity index (χ4n) is 3.53. The zero-order chi connectivity index (χ0) is 19.7. The van der Waals surface area contributed by atoms with E-state index in [4.69, 9.17) is 9.47 Å². The predicted molar refractivity (Wildman–Crippen MR) is 106 cm³/mol. The highest BCUT2D eigenvalue weighted by Crippen LogP contribution is 2.34. The van der Waals surface area contributed by atoms with E-state index in [1.165, 1.54) is 16.8 Å². The largest absolute Gasteiger partial charge is 0.454 e. The molecular weight excluding hydrogens is 358 g/mol. The average Bonchev–Trinajstić information content (AvgIpc) is 3.17. The summed E-state index contributed by atoms with van der Waals surface area (Å²) in [7, 11) is 0. The van der Waals surface area contributed by atoms with Crippen LogP contribution in [0.2, 0.25) is 0 Å². The fourth-order valence-corrected chi connectivity index (χ4v) is 3.53. The van der Waals surface area contributed by atoms with Crippen molar-refractivity contribution < 1.29 is 19.1 Å². The van der Waals surface area contributed by atoms with Gasteiger partial charge in [-0.25, -0.2) is 0 Å². The summed E-state index contributed by atoms with van der Waals surface area (Å²) in [6.45, 7) is 6.80. The van der Waals surface area contributed by atoms with Gasteiger partial charge in [0.25, 0.3) is 0 Å². The number of hydrogen-bond acceptors (Lipinski definition) is 5. The number of nitrogens with one attached hydrogen (secondary N) is 1. The number of nitrogens with zero attached hydrogens (tertiary/aromatic N) is 2. The van der Waals surface area contributed by atoms with Gasteiger partial charge in [-0.3, -0.25) is 9.59 Å². The lowest BCUT2D eigenvalue weighted by molar-refractivity contribution is -0.143. The lowest BCUT2D eigenvalue weighted by Crippen LogP contribution is -2.51. The van der Waals surface area contributed by atoms with Crippen LogP contribution < -0.4 is 19.7 Å². The Morgan fingerprint density at radius 2 is 1.71 bits per heavy atom. The fraction of sp³-hybridized carbons (Fsp3) is 0.333. The quantitative estimate of drug-likeness (QED) is 0.809. The van der Waals surface area contributed by atoms with E-state index < -0.39 is 11.8 Å². The molecule has 2 aliphatic heterocycles. The van der Waals surface area contributed by atoms with Crippen LogP contribution >= 0.6 is 0 Å². The molecule has 0 spiro atoms. The molecule has 2 aromatic rings. The number of amides is 2. The van der Waals surface area contributed by atoms with Crippen molar-refractivity contribution in [2.24, 2.45) is 0 Å². The zero-order valence-electron chi connectivity index (χ0n) is 16.0. The summed E-state index contributed by atoms with van der Waals surface area (Å²) in [5.74, 6) is 0.0385. The number of fused-ring (bicyclic) bond motifs is 1. The highest BCUT2D eigenvalue weighted by atomic mass is 16.7. The van der Waals surface area contributed by atoms with Crippen molar-refractivity contribution in [3.05, 3.63) is 47.5 Å². The van der Waals surface area contributed by atoms with Gasteiger partial charge in [0.1, 0.15) is 0 Å². The van der Waals surface area contributed by atoms with Crippen molar-refractivity contribution in [1.29, 1.82) is 0 Å². The summed E-state index contributed by atoms with van der Waals surface area (Å²) < 4.78 is 10.5. The van der Waals surface area contributed by atoms with Gasteiger partial charge in [0, 0.05) is 43.6 Å². The van der Waals surface area contributed by atoms with Crippen LogP contribution in [0.5, 0.6) is 11.5 Å². The number of ether oxygens (including phenoxy) is 2. The van der Waals surface area contributed by atoms with Crippen LogP contribution in [0.15, 0.2) is 36.4 Å².